The molecule has 0 aliphatic rings. The van der Waals surface area contributed by atoms with Crippen molar-refractivity contribution < 1.29 is 4.79 Å². The number of nitrogens with zero attached hydrogens (tertiary/aromatic N) is 4. The molecule has 18 heavy (non-hydrogen) atoms. The lowest BCUT2D eigenvalue weighted by Crippen LogP contribution is -2.29. The quantitative estimate of drug-likeness (QED) is 0.633. The molecule has 1 rings (SSSR count). The predicted molar refractivity (Wildman–Crippen MR) is 68.7 cm³/mol. The van der Waals surface area contributed by atoms with Crippen LogP contribution in [0.5, 0.6) is 0 Å². The fourth-order valence-corrected chi connectivity index (χ4v) is 1.57. The van der Waals surface area contributed by atoms with E-state index in [1.165, 1.54) is 0 Å². The van der Waals surface area contributed by atoms with Crippen molar-refractivity contribution in [2.24, 2.45) is 5.73 Å². The van der Waals surface area contributed by atoms with Gasteiger partial charge in [0.05, 0.1) is 25.8 Å². The lowest BCUT2D eigenvalue weighted by atomic mass is 10.4. The Morgan fingerprint density at radius 3 is 2.83 bits per heavy atom. The predicted octanol–water partition coefficient (Wildman–Crippen LogP) is -0.805. The van der Waals surface area contributed by atoms with Gasteiger partial charge in [-0.15, -0.1) is 5.10 Å². The number of nitrogens with two attached hydrogens (primary N) is 1. The van der Waals surface area contributed by atoms with Gasteiger partial charge in [0.15, 0.2) is 0 Å². The summed E-state index contributed by atoms with van der Waals surface area (Å²) in [7, 11) is 0. The summed E-state index contributed by atoms with van der Waals surface area (Å²) in [5.74, 6) is -0.187. The van der Waals surface area contributed by atoms with Crippen molar-refractivity contribution in [3.63, 3.8) is 0 Å². The zero-order chi connectivity index (χ0) is 13.4. The van der Waals surface area contributed by atoms with Gasteiger partial charge in [-0.05, 0) is 13.1 Å². The lowest BCUT2D eigenvalue weighted by Gasteiger charge is -2.17. The molecule has 102 valence electrons. The largest absolute Gasteiger partial charge is 0.349 e. The zero-order valence-electron chi connectivity index (χ0n) is 11.1. The molecule has 7 nitrogen and oxygen atoms in total. The van der Waals surface area contributed by atoms with Crippen LogP contribution < -0.4 is 11.1 Å². The molecule has 1 amide bonds. The number of amides is 1. The smallest absolute Gasteiger partial charge is 0.234 e. The van der Waals surface area contributed by atoms with Crippen molar-refractivity contribution >= 4 is 5.91 Å². The Morgan fingerprint density at radius 2 is 2.22 bits per heavy atom. The molecule has 0 atom stereocenters. The molecular weight excluding hydrogens is 232 g/mol. The summed E-state index contributed by atoms with van der Waals surface area (Å²) in [5, 5.41) is 10.7. The molecule has 0 unspecified atom stereocenters. The Morgan fingerprint density at radius 1 is 1.50 bits per heavy atom. The number of aromatic nitrogens is 3. The van der Waals surface area contributed by atoms with E-state index < -0.39 is 0 Å². The third kappa shape index (κ3) is 4.80. The van der Waals surface area contributed by atoms with E-state index >= 15 is 0 Å². The van der Waals surface area contributed by atoms with Crippen molar-refractivity contribution in [1.29, 1.82) is 0 Å². The number of rotatable bonds is 8. The van der Waals surface area contributed by atoms with Gasteiger partial charge in [0.25, 0.3) is 0 Å². The molecule has 7 heteroatoms. The van der Waals surface area contributed by atoms with Gasteiger partial charge in [-0.1, -0.05) is 19.1 Å². The van der Waals surface area contributed by atoms with Crippen molar-refractivity contribution in [2.45, 2.75) is 26.9 Å². The second-order valence-corrected chi connectivity index (χ2v) is 3.98. The molecule has 1 aromatic heterocycles. The van der Waals surface area contributed by atoms with Gasteiger partial charge in [0.2, 0.25) is 5.91 Å². The van der Waals surface area contributed by atoms with Crippen molar-refractivity contribution in [2.75, 3.05) is 26.2 Å². The Bertz CT molecular complexity index is 360. The maximum atomic E-state index is 11.0. The molecule has 0 spiro atoms. The van der Waals surface area contributed by atoms with Crippen LogP contribution in [0.1, 0.15) is 19.5 Å². The van der Waals surface area contributed by atoms with E-state index in [0.717, 1.165) is 31.9 Å². The third-order valence-corrected chi connectivity index (χ3v) is 2.78. The molecular formula is C11H22N6O. The van der Waals surface area contributed by atoms with E-state index in [4.69, 9.17) is 5.73 Å². The molecule has 3 N–H and O–H groups in total. The molecule has 0 fully saturated rings. The van der Waals surface area contributed by atoms with Crippen LogP contribution in [0.2, 0.25) is 0 Å². The highest BCUT2D eigenvalue weighted by molar-refractivity contribution is 5.77. The van der Waals surface area contributed by atoms with E-state index in [0.29, 0.717) is 6.54 Å². The first-order valence-electron chi connectivity index (χ1n) is 6.27. The van der Waals surface area contributed by atoms with Crippen molar-refractivity contribution in [3.05, 3.63) is 11.9 Å². The van der Waals surface area contributed by atoms with Crippen LogP contribution in [0.4, 0.5) is 0 Å². The maximum absolute atomic E-state index is 11.0. The average Bonchev–Trinajstić information content (AvgIpc) is 2.85. The van der Waals surface area contributed by atoms with Gasteiger partial charge in [0.1, 0.15) is 5.69 Å². The molecule has 0 bridgehead atoms. The highest BCUT2D eigenvalue weighted by Crippen LogP contribution is 1.94. The SMILES string of the molecule is CCN(CC)CCn1cc(CNC(=O)CN)nn1. The Balaban J connectivity index is 2.36. The Labute approximate surface area is 107 Å². The van der Waals surface area contributed by atoms with Crippen LogP contribution in [0.15, 0.2) is 6.20 Å². The summed E-state index contributed by atoms with van der Waals surface area (Å²) in [4.78, 5) is 13.3. The number of likely N-dealkylation sites (N-methyl/N-ethyl adjacent to an activating group) is 1. The van der Waals surface area contributed by atoms with Gasteiger partial charge < -0.3 is 16.0 Å². The summed E-state index contributed by atoms with van der Waals surface area (Å²) in [6.45, 7) is 8.47. The molecule has 1 aromatic rings. The van der Waals surface area contributed by atoms with E-state index in [9.17, 15) is 4.79 Å². The average molecular weight is 254 g/mol. The monoisotopic (exact) mass is 254 g/mol. The van der Waals surface area contributed by atoms with Crippen LogP contribution in [-0.4, -0.2) is 52.0 Å². The van der Waals surface area contributed by atoms with E-state index in [-0.39, 0.29) is 12.5 Å². The maximum Gasteiger partial charge on any atom is 0.234 e. The van der Waals surface area contributed by atoms with Gasteiger partial charge in [-0.25, -0.2) is 0 Å². The second kappa shape index (κ2) is 7.78. The number of carbonyl (C=O) groups is 1. The number of hydrogen-bond acceptors (Lipinski definition) is 5. The normalized spacial score (nSPS) is 10.9. The van der Waals surface area contributed by atoms with Crippen molar-refractivity contribution in [1.82, 2.24) is 25.2 Å². The molecule has 0 aliphatic heterocycles. The first-order chi connectivity index (χ1) is 8.69. The minimum Gasteiger partial charge on any atom is -0.349 e. The number of hydrogen-bond donors (Lipinski definition) is 2. The number of nitrogens with one attached hydrogen (secondary N) is 1. The topological polar surface area (TPSA) is 89.1 Å². The van der Waals surface area contributed by atoms with Gasteiger partial charge in [-0.3, -0.25) is 9.48 Å². The molecule has 1 heterocycles. The van der Waals surface area contributed by atoms with Gasteiger partial charge in [-0.2, -0.15) is 0 Å². The summed E-state index contributed by atoms with van der Waals surface area (Å²) >= 11 is 0. The van der Waals surface area contributed by atoms with Crippen LogP contribution in [0.3, 0.4) is 0 Å². The highest BCUT2D eigenvalue weighted by atomic mass is 16.1. The highest BCUT2D eigenvalue weighted by Gasteiger charge is 2.04. The summed E-state index contributed by atoms with van der Waals surface area (Å²) in [6, 6.07) is 0. The van der Waals surface area contributed by atoms with Crippen LogP contribution in [-0.2, 0) is 17.9 Å². The molecule has 0 saturated carbocycles. The standard InChI is InChI=1S/C11H22N6O/c1-3-16(4-2)5-6-17-9-10(14-15-17)8-13-11(18)7-12/h9H,3-8,12H2,1-2H3,(H,13,18). The third-order valence-electron chi connectivity index (χ3n) is 2.78. The van der Waals surface area contributed by atoms with E-state index in [2.05, 4.69) is 34.4 Å². The van der Waals surface area contributed by atoms with Gasteiger partial charge >= 0.3 is 0 Å². The summed E-state index contributed by atoms with van der Waals surface area (Å²) < 4.78 is 1.79. The molecule has 0 saturated heterocycles. The fraction of sp³-hybridized carbons (Fsp3) is 0.727. The second-order valence-electron chi connectivity index (χ2n) is 3.98. The first-order valence-corrected chi connectivity index (χ1v) is 6.27. The zero-order valence-corrected chi connectivity index (χ0v) is 11.1. The van der Waals surface area contributed by atoms with Gasteiger partial charge in [0, 0.05) is 6.54 Å². The minimum atomic E-state index is -0.187. The fourth-order valence-electron chi connectivity index (χ4n) is 1.57. The van der Waals surface area contributed by atoms with E-state index in [1.807, 2.05) is 6.20 Å². The lowest BCUT2D eigenvalue weighted by molar-refractivity contribution is -0.119. The molecule has 0 aliphatic carbocycles. The van der Waals surface area contributed by atoms with Crippen LogP contribution >= 0.6 is 0 Å². The molecule has 0 aromatic carbocycles. The van der Waals surface area contributed by atoms with Crippen molar-refractivity contribution in [3.8, 4) is 0 Å². The van der Waals surface area contributed by atoms with E-state index in [1.54, 1.807) is 4.68 Å². The number of carbonyl (C=O) groups excluding carboxylic acids is 1. The Kier molecular flexibility index (Phi) is 6.31. The van der Waals surface area contributed by atoms with Crippen LogP contribution in [0.25, 0.3) is 0 Å². The Hall–Kier alpha value is -1.47. The van der Waals surface area contributed by atoms with Crippen LogP contribution in [0, 0.1) is 0 Å². The minimum absolute atomic E-state index is 0.00387. The summed E-state index contributed by atoms with van der Waals surface area (Å²) in [5.41, 5.74) is 5.94. The molecule has 0 radical (unpaired) electrons. The summed E-state index contributed by atoms with van der Waals surface area (Å²) in [6.07, 6.45) is 1.85. The first kappa shape index (κ1) is 14.6.